The molecule has 0 radical (unpaired) electrons. The number of carbonyl (C=O) groups excluding carboxylic acids is 2. The minimum absolute atomic E-state index is 0.0218. The van der Waals surface area contributed by atoms with Gasteiger partial charge in [0, 0.05) is 17.6 Å². The molecule has 0 saturated heterocycles. The third kappa shape index (κ3) is 7.92. The van der Waals surface area contributed by atoms with Crippen molar-refractivity contribution in [2.75, 3.05) is 10.8 Å². The molecule has 0 bridgehead atoms. The van der Waals surface area contributed by atoms with E-state index in [4.69, 9.17) is 11.6 Å². The molecule has 1 fully saturated rings. The maximum absolute atomic E-state index is 14.2. The molecule has 1 aliphatic rings. The number of sulfonamides is 1. The Kier molecular flexibility index (Phi) is 10.7. The lowest BCUT2D eigenvalue weighted by Gasteiger charge is -2.34. The zero-order chi connectivity index (χ0) is 30.3. The lowest BCUT2D eigenvalue weighted by Crippen LogP contribution is -2.54. The lowest BCUT2D eigenvalue weighted by atomic mass is 9.95. The lowest BCUT2D eigenvalue weighted by molar-refractivity contribution is -0.140. The van der Waals surface area contributed by atoms with E-state index in [1.807, 2.05) is 51.1 Å². The molecule has 2 amide bonds. The summed E-state index contributed by atoms with van der Waals surface area (Å²) in [6.45, 7) is 5.43. The van der Waals surface area contributed by atoms with Crippen LogP contribution in [-0.4, -0.2) is 43.8 Å². The van der Waals surface area contributed by atoms with Gasteiger partial charge in [-0.05, 0) is 80.6 Å². The number of halogens is 1. The Bertz CT molecular complexity index is 1490. The first-order valence-corrected chi connectivity index (χ1v) is 16.4. The van der Waals surface area contributed by atoms with Crippen molar-refractivity contribution in [3.05, 3.63) is 94.5 Å². The van der Waals surface area contributed by atoms with Crippen molar-refractivity contribution in [1.82, 2.24) is 10.2 Å². The number of rotatable bonds is 11. The number of carbonyl (C=O) groups is 2. The second-order valence-electron chi connectivity index (χ2n) is 11.1. The van der Waals surface area contributed by atoms with Crippen molar-refractivity contribution in [1.29, 1.82) is 0 Å². The van der Waals surface area contributed by atoms with Gasteiger partial charge in [-0.2, -0.15) is 0 Å². The summed E-state index contributed by atoms with van der Waals surface area (Å²) in [7, 11) is -4.14. The van der Waals surface area contributed by atoms with Crippen LogP contribution in [0.25, 0.3) is 0 Å². The smallest absolute Gasteiger partial charge is 0.264 e. The molecule has 3 aromatic carbocycles. The summed E-state index contributed by atoms with van der Waals surface area (Å²) in [5, 5.41) is 3.59. The average Bonchev–Trinajstić information content (AvgIpc) is 2.96. The van der Waals surface area contributed by atoms with Crippen molar-refractivity contribution >= 4 is 39.1 Å². The van der Waals surface area contributed by atoms with E-state index in [2.05, 4.69) is 5.32 Å². The van der Waals surface area contributed by atoms with Crippen LogP contribution in [0, 0.1) is 13.8 Å². The highest BCUT2D eigenvalue weighted by molar-refractivity contribution is 7.92. The van der Waals surface area contributed by atoms with E-state index < -0.39 is 28.5 Å². The fourth-order valence-corrected chi connectivity index (χ4v) is 7.05. The molecular weight excluding hydrogens is 570 g/mol. The van der Waals surface area contributed by atoms with Gasteiger partial charge in [0.1, 0.15) is 12.6 Å². The largest absolute Gasteiger partial charge is 0.352 e. The molecule has 4 rings (SSSR count). The molecule has 1 atom stereocenters. The van der Waals surface area contributed by atoms with Crippen LogP contribution in [0.3, 0.4) is 0 Å². The molecule has 1 aliphatic carbocycles. The van der Waals surface area contributed by atoms with Gasteiger partial charge < -0.3 is 10.2 Å². The van der Waals surface area contributed by atoms with Gasteiger partial charge in [0.05, 0.1) is 10.6 Å². The molecule has 7 nitrogen and oxygen atoms in total. The van der Waals surface area contributed by atoms with Crippen LogP contribution in [0.2, 0.25) is 5.02 Å². The Labute approximate surface area is 254 Å². The maximum atomic E-state index is 14.2. The third-order valence-corrected chi connectivity index (χ3v) is 9.78. The Morgan fingerprint density at radius 2 is 1.57 bits per heavy atom. The van der Waals surface area contributed by atoms with Gasteiger partial charge in [-0.15, -0.1) is 0 Å². The minimum atomic E-state index is -4.14. The topological polar surface area (TPSA) is 86.8 Å². The maximum Gasteiger partial charge on any atom is 0.264 e. The number of benzene rings is 3. The number of nitrogens with one attached hydrogen (secondary N) is 1. The molecule has 0 aliphatic heterocycles. The predicted octanol–water partition coefficient (Wildman–Crippen LogP) is 6.41. The van der Waals surface area contributed by atoms with Crippen LogP contribution in [0.4, 0.5) is 5.69 Å². The van der Waals surface area contributed by atoms with Crippen LogP contribution in [0.5, 0.6) is 0 Å². The number of hydrogen-bond acceptors (Lipinski definition) is 4. The van der Waals surface area contributed by atoms with Crippen LogP contribution in [0.1, 0.15) is 62.1 Å². The Morgan fingerprint density at radius 3 is 2.19 bits per heavy atom. The zero-order valence-corrected chi connectivity index (χ0v) is 26.1. The third-order valence-electron chi connectivity index (χ3n) is 7.74. The first-order chi connectivity index (χ1) is 20.1. The van der Waals surface area contributed by atoms with Crippen LogP contribution < -0.4 is 9.62 Å². The molecule has 9 heteroatoms. The number of anilines is 1. The molecule has 42 heavy (non-hydrogen) atoms. The normalized spacial score (nSPS) is 14.7. The molecule has 0 heterocycles. The van der Waals surface area contributed by atoms with Gasteiger partial charge in [-0.25, -0.2) is 8.42 Å². The molecule has 1 N–H and O–H groups in total. The molecule has 0 spiro atoms. The van der Waals surface area contributed by atoms with E-state index in [1.54, 1.807) is 18.2 Å². The number of hydrogen-bond donors (Lipinski definition) is 1. The van der Waals surface area contributed by atoms with Crippen molar-refractivity contribution in [2.45, 2.75) is 82.8 Å². The Balaban J connectivity index is 1.71. The van der Waals surface area contributed by atoms with Crippen LogP contribution >= 0.6 is 11.6 Å². The molecule has 0 aromatic heterocycles. The SMILES string of the molecule is CC[C@@H](C(=O)NC1CCCCC1)N(Cc1cccc(C)c1)C(=O)CN(c1cccc(C)c1)S(=O)(=O)c1ccc(Cl)cc1. The van der Waals surface area contributed by atoms with Crippen LogP contribution in [-0.2, 0) is 26.2 Å². The van der Waals surface area contributed by atoms with Crippen molar-refractivity contribution in [3.63, 3.8) is 0 Å². The average molecular weight is 610 g/mol. The molecule has 224 valence electrons. The van der Waals surface area contributed by atoms with E-state index in [9.17, 15) is 18.0 Å². The minimum Gasteiger partial charge on any atom is -0.352 e. The van der Waals surface area contributed by atoms with Crippen molar-refractivity contribution in [2.24, 2.45) is 0 Å². The van der Waals surface area contributed by atoms with E-state index in [0.717, 1.165) is 46.7 Å². The van der Waals surface area contributed by atoms with Gasteiger partial charge in [0.2, 0.25) is 11.8 Å². The van der Waals surface area contributed by atoms with Crippen LogP contribution in [0.15, 0.2) is 77.7 Å². The van der Waals surface area contributed by atoms with E-state index in [1.165, 1.54) is 35.6 Å². The highest BCUT2D eigenvalue weighted by atomic mass is 35.5. The van der Waals surface area contributed by atoms with E-state index in [0.29, 0.717) is 17.1 Å². The highest BCUT2D eigenvalue weighted by Gasteiger charge is 2.34. The van der Waals surface area contributed by atoms with Gasteiger partial charge in [0.15, 0.2) is 0 Å². The first-order valence-electron chi connectivity index (χ1n) is 14.6. The van der Waals surface area contributed by atoms with E-state index >= 15 is 0 Å². The summed E-state index contributed by atoms with van der Waals surface area (Å²) in [5.41, 5.74) is 3.13. The standard InChI is InChI=1S/C33H40ClN3O4S/c1-4-31(33(39)35-28-13-6-5-7-14-28)36(22-26-12-8-10-24(2)20-26)32(38)23-37(29-15-9-11-25(3)21-29)42(40,41)30-18-16-27(34)17-19-30/h8-12,15-21,28,31H,4-7,13-14,22-23H2,1-3H3,(H,35,39)/t31-/m0/s1. The number of aryl methyl sites for hydroxylation is 2. The summed E-state index contributed by atoms with van der Waals surface area (Å²) < 4.78 is 29.1. The quantitative estimate of drug-likeness (QED) is 0.272. The zero-order valence-electron chi connectivity index (χ0n) is 24.6. The summed E-state index contributed by atoms with van der Waals surface area (Å²) >= 11 is 6.04. The number of amides is 2. The molecular formula is C33H40ClN3O4S. The fraction of sp³-hybridized carbons (Fsp3) is 0.394. The first kappa shape index (κ1) is 31.6. The summed E-state index contributed by atoms with van der Waals surface area (Å²) in [6.07, 6.45) is 5.55. The van der Waals surface area contributed by atoms with E-state index in [-0.39, 0.29) is 23.4 Å². The molecule has 3 aromatic rings. The fourth-order valence-electron chi connectivity index (χ4n) is 5.52. The van der Waals surface area contributed by atoms with Crippen molar-refractivity contribution < 1.29 is 18.0 Å². The predicted molar refractivity (Wildman–Crippen MR) is 168 cm³/mol. The molecule has 1 saturated carbocycles. The Morgan fingerprint density at radius 1 is 0.929 bits per heavy atom. The number of nitrogens with zero attached hydrogens (tertiary/aromatic N) is 2. The van der Waals surface area contributed by atoms with Gasteiger partial charge in [-0.3, -0.25) is 13.9 Å². The highest BCUT2D eigenvalue weighted by Crippen LogP contribution is 2.27. The molecule has 0 unspecified atom stereocenters. The van der Waals surface area contributed by atoms with Crippen molar-refractivity contribution in [3.8, 4) is 0 Å². The second kappa shape index (κ2) is 14.2. The summed E-state index contributed by atoms with van der Waals surface area (Å²) in [6, 6.07) is 20.0. The summed E-state index contributed by atoms with van der Waals surface area (Å²) in [5.74, 6) is -0.658. The van der Waals surface area contributed by atoms with Gasteiger partial charge >= 0.3 is 0 Å². The van der Waals surface area contributed by atoms with Gasteiger partial charge in [0.25, 0.3) is 10.0 Å². The summed E-state index contributed by atoms with van der Waals surface area (Å²) in [4.78, 5) is 29.5. The second-order valence-corrected chi connectivity index (χ2v) is 13.4. The Hall–Kier alpha value is -3.36. The monoisotopic (exact) mass is 609 g/mol. The van der Waals surface area contributed by atoms with Gasteiger partial charge in [-0.1, -0.05) is 79.7 Å².